The van der Waals surface area contributed by atoms with Gasteiger partial charge in [0.1, 0.15) is 17.2 Å². The highest BCUT2D eigenvalue weighted by Crippen LogP contribution is 2.54. The van der Waals surface area contributed by atoms with Crippen molar-refractivity contribution in [2.24, 2.45) is 0 Å². The van der Waals surface area contributed by atoms with Gasteiger partial charge in [0, 0.05) is 29.3 Å². The van der Waals surface area contributed by atoms with Crippen LogP contribution in [-0.4, -0.2) is 32.0 Å². The van der Waals surface area contributed by atoms with Crippen molar-refractivity contribution in [1.29, 1.82) is 0 Å². The number of anilines is 1. The van der Waals surface area contributed by atoms with E-state index in [1.54, 1.807) is 0 Å². The maximum atomic E-state index is 14.3. The molecule has 32 heavy (non-hydrogen) atoms. The van der Waals surface area contributed by atoms with Crippen molar-refractivity contribution in [3.8, 4) is 5.75 Å². The third-order valence-electron chi connectivity index (χ3n) is 5.69. The second-order valence-electron chi connectivity index (χ2n) is 7.62. The number of aryl methyl sites for hydroxylation is 1. The molecule has 3 aromatic rings. The lowest BCUT2D eigenvalue weighted by Gasteiger charge is -2.44. The minimum atomic E-state index is -5.09. The Balaban J connectivity index is 1.96. The van der Waals surface area contributed by atoms with Gasteiger partial charge in [-0.15, -0.1) is 0 Å². The van der Waals surface area contributed by atoms with Crippen molar-refractivity contribution in [2.75, 3.05) is 5.32 Å². The zero-order chi connectivity index (χ0) is 23.4. The predicted octanol–water partition coefficient (Wildman–Crippen LogP) is 5.18. The molecule has 0 saturated heterocycles. The number of aromatic hydroxyl groups is 1. The van der Waals surface area contributed by atoms with E-state index in [4.69, 9.17) is 0 Å². The number of hydrogen-bond acceptors (Lipinski definition) is 5. The molecule has 0 amide bonds. The van der Waals surface area contributed by atoms with E-state index in [0.717, 1.165) is 18.2 Å². The van der Waals surface area contributed by atoms with Crippen LogP contribution in [-0.2, 0) is 0 Å². The van der Waals surface area contributed by atoms with Crippen LogP contribution in [0.15, 0.2) is 36.5 Å². The molecule has 4 rings (SSSR count). The maximum absolute atomic E-state index is 14.3. The molecular weight excluding hydrogens is 433 g/mol. The summed E-state index contributed by atoms with van der Waals surface area (Å²) in [5, 5.41) is 23.9. The Morgan fingerprint density at radius 1 is 1.16 bits per heavy atom. The van der Waals surface area contributed by atoms with E-state index in [1.165, 1.54) is 32.2 Å². The van der Waals surface area contributed by atoms with Gasteiger partial charge in [0.15, 0.2) is 17.2 Å². The molecule has 0 saturated carbocycles. The monoisotopic (exact) mass is 451 g/mol. The van der Waals surface area contributed by atoms with Crippen LogP contribution in [0.3, 0.4) is 0 Å². The number of nitrogens with zero attached hydrogens (tertiary/aromatic N) is 2. The van der Waals surface area contributed by atoms with Crippen LogP contribution >= 0.6 is 0 Å². The van der Waals surface area contributed by atoms with Gasteiger partial charge in [-0.05, 0) is 43.2 Å². The lowest BCUT2D eigenvalue weighted by Crippen LogP contribution is -2.54. The van der Waals surface area contributed by atoms with Gasteiger partial charge in [0.05, 0.1) is 6.04 Å². The van der Waals surface area contributed by atoms with Crippen LogP contribution in [0.1, 0.15) is 36.3 Å². The summed E-state index contributed by atoms with van der Waals surface area (Å²) in [6, 6.07) is 2.30. The smallest absolute Gasteiger partial charge is 0.419 e. The molecule has 1 aromatic heterocycles. The van der Waals surface area contributed by atoms with Gasteiger partial charge in [-0.1, -0.05) is 12.1 Å². The number of hydrogen-bond donors (Lipinski definition) is 3. The fourth-order valence-electron chi connectivity index (χ4n) is 4.06. The van der Waals surface area contributed by atoms with Gasteiger partial charge in [-0.25, -0.2) is 18.7 Å². The SMILES string of the molecule is C/C=C1/C[C@](O)(C(F)(F)F)[C@H](Nc2ccc(F)c3nc(C)ncc23)c2ccc(F)c(O)c21. The fraction of sp³-hybridized carbons (Fsp3) is 0.273. The van der Waals surface area contributed by atoms with Crippen molar-refractivity contribution in [2.45, 2.75) is 38.1 Å². The number of alkyl halides is 3. The summed E-state index contributed by atoms with van der Waals surface area (Å²) in [6.07, 6.45) is -3.47. The quantitative estimate of drug-likeness (QED) is 0.469. The number of halogens is 5. The molecule has 5 nitrogen and oxygen atoms in total. The van der Waals surface area contributed by atoms with Crippen LogP contribution in [0.5, 0.6) is 5.75 Å². The van der Waals surface area contributed by atoms with Crippen LogP contribution < -0.4 is 5.32 Å². The van der Waals surface area contributed by atoms with E-state index in [-0.39, 0.29) is 39.1 Å². The van der Waals surface area contributed by atoms with Crippen LogP contribution in [0.2, 0.25) is 0 Å². The molecule has 3 N–H and O–H groups in total. The summed E-state index contributed by atoms with van der Waals surface area (Å²) < 4.78 is 70.8. The number of nitrogens with one attached hydrogen (secondary N) is 1. The Morgan fingerprint density at radius 3 is 2.50 bits per heavy atom. The average molecular weight is 451 g/mol. The van der Waals surface area contributed by atoms with Crippen molar-refractivity contribution >= 4 is 22.2 Å². The molecule has 0 spiro atoms. The summed E-state index contributed by atoms with van der Waals surface area (Å²) in [4.78, 5) is 7.98. The Kier molecular flexibility index (Phi) is 5.08. The molecule has 2 atom stereocenters. The van der Waals surface area contributed by atoms with Crippen LogP contribution in [0.4, 0.5) is 27.6 Å². The molecule has 0 aliphatic heterocycles. The van der Waals surface area contributed by atoms with E-state index >= 15 is 0 Å². The van der Waals surface area contributed by atoms with Crippen molar-refractivity contribution < 1.29 is 32.2 Å². The summed E-state index contributed by atoms with van der Waals surface area (Å²) in [5.74, 6) is -2.24. The largest absolute Gasteiger partial charge is 0.504 e. The minimum absolute atomic E-state index is 0.0350. The van der Waals surface area contributed by atoms with Crippen molar-refractivity contribution in [3.63, 3.8) is 0 Å². The first-order valence-electron chi connectivity index (χ1n) is 9.62. The van der Waals surface area contributed by atoms with E-state index < -0.39 is 41.6 Å². The number of allylic oxidation sites excluding steroid dienone is 1. The average Bonchev–Trinajstić information content (AvgIpc) is 2.73. The molecule has 2 aromatic carbocycles. The Morgan fingerprint density at radius 2 is 1.84 bits per heavy atom. The van der Waals surface area contributed by atoms with E-state index in [2.05, 4.69) is 15.3 Å². The summed E-state index contributed by atoms with van der Waals surface area (Å²) >= 11 is 0. The van der Waals surface area contributed by atoms with Gasteiger partial charge in [-0.2, -0.15) is 13.2 Å². The zero-order valence-corrected chi connectivity index (χ0v) is 16.9. The molecule has 1 aliphatic rings. The molecule has 10 heteroatoms. The topological polar surface area (TPSA) is 78.3 Å². The number of aromatic nitrogens is 2. The Labute approximate surface area is 179 Å². The van der Waals surface area contributed by atoms with Crippen LogP contribution in [0, 0.1) is 18.6 Å². The molecule has 1 heterocycles. The lowest BCUT2D eigenvalue weighted by atomic mass is 9.72. The number of benzene rings is 2. The normalized spacial score (nSPS) is 22.2. The standard InChI is InChI=1S/C22H18F5N3O2/c1-3-11-8-21(32,22(25,26)27)20(12-4-5-15(24)19(31)17(11)12)30-16-7-6-14(23)18-13(16)9-28-10(2)29-18/h3-7,9,20,30-32H,8H2,1-2H3/b11-3-/t20-,21-/m1/s1. The van der Waals surface area contributed by atoms with Gasteiger partial charge in [-0.3, -0.25) is 0 Å². The molecule has 0 bridgehead atoms. The highest BCUT2D eigenvalue weighted by molar-refractivity contribution is 5.91. The number of aliphatic hydroxyl groups is 1. The first-order chi connectivity index (χ1) is 15.0. The van der Waals surface area contributed by atoms with Gasteiger partial charge in [0.2, 0.25) is 0 Å². The predicted molar refractivity (Wildman–Crippen MR) is 108 cm³/mol. The first-order valence-corrected chi connectivity index (χ1v) is 9.62. The minimum Gasteiger partial charge on any atom is -0.504 e. The maximum Gasteiger partial charge on any atom is 0.419 e. The van der Waals surface area contributed by atoms with Crippen molar-refractivity contribution in [1.82, 2.24) is 9.97 Å². The summed E-state index contributed by atoms with van der Waals surface area (Å²) in [5.41, 5.74) is -3.72. The highest BCUT2D eigenvalue weighted by Gasteiger charge is 2.62. The summed E-state index contributed by atoms with van der Waals surface area (Å²) in [6.45, 7) is 2.97. The molecule has 168 valence electrons. The highest BCUT2D eigenvalue weighted by atomic mass is 19.4. The molecule has 0 unspecified atom stereocenters. The van der Waals surface area contributed by atoms with E-state index in [0.29, 0.717) is 0 Å². The second kappa shape index (κ2) is 7.40. The molecular formula is C22H18F5N3O2. The third-order valence-corrected chi connectivity index (χ3v) is 5.69. The third kappa shape index (κ3) is 3.26. The molecule has 0 fully saturated rings. The lowest BCUT2D eigenvalue weighted by molar-refractivity contribution is -0.265. The van der Waals surface area contributed by atoms with Gasteiger partial charge >= 0.3 is 6.18 Å². The number of fused-ring (bicyclic) bond motifs is 2. The molecule has 1 aliphatic carbocycles. The number of phenolic OH excluding ortho intramolecular Hbond substituents is 1. The van der Waals surface area contributed by atoms with Crippen molar-refractivity contribution in [3.05, 3.63) is 65.1 Å². The Bertz CT molecular complexity index is 1260. The number of rotatable bonds is 2. The van der Waals surface area contributed by atoms with E-state index in [9.17, 15) is 32.2 Å². The van der Waals surface area contributed by atoms with Gasteiger partial charge in [0.25, 0.3) is 0 Å². The van der Waals surface area contributed by atoms with Crippen LogP contribution in [0.25, 0.3) is 16.5 Å². The fourth-order valence-corrected chi connectivity index (χ4v) is 4.06. The van der Waals surface area contributed by atoms with E-state index in [1.807, 2.05) is 0 Å². The first kappa shape index (κ1) is 21.9. The number of phenols is 1. The Hall–Kier alpha value is -3.27. The summed E-state index contributed by atoms with van der Waals surface area (Å²) in [7, 11) is 0. The second-order valence-corrected chi connectivity index (χ2v) is 7.62. The molecule has 0 radical (unpaired) electrons. The zero-order valence-electron chi connectivity index (χ0n) is 16.9. The van der Waals surface area contributed by atoms with Gasteiger partial charge < -0.3 is 15.5 Å².